The van der Waals surface area contributed by atoms with Crippen LogP contribution < -0.4 is 9.47 Å². The number of carbonyl (C=O) groups excluding carboxylic acids is 2. The van der Waals surface area contributed by atoms with Crippen LogP contribution in [0.3, 0.4) is 0 Å². The molecule has 0 heterocycles. The molecule has 270 valence electrons. The number of unbranched alkanes of at least 4 members (excludes halogenated alkanes) is 10. The summed E-state index contributed by atoms with van der Waals surface area (Å²) < 4.78 is 12.5. The molecular formula is C46H48Cl2O4. The normalized spacial score (nSPS) is 11.5. The molecule has 0 unspecified atom stereocenters. The fraction of sp³-hybridized carbons (Fsp3) is 0.348. The standard InChI is InChI=1S/C46H48Cl2O4/c1-3-5-7-9-11-13-23-41(49)51-45-35-21-17-15-19-33(35)43(39-29-31(47)25-27-37(39)45)44-34-20-16-18-22-36(34)46(38-28-26-32(48)30-40(38)44)52-42(50)24-14-12-10-8-6-4-2/h15-22,25-30H,3-14,23-24H2,1-2H3. The van der Waals surface area contributed by atoms with Gasteiger partial charge in [0.05, 0.1) is 0 Å². The number of rotatable bonds is 17. The minimum absolute atomic E-state index is 0.237. The quantitative estimate of drug-likeness (QED) is 0.0405. The van der Waals surface area contributed by atoms with E-state index in [1.165, 1.54) is 38.5 Å². The van der Waals surface area contributed by atoms with E-state index >= 15 is 0 Å². The van der Waals surface area contributed by atoms with Crippen LogP contribution in [0.2, 0.25) is 10.0 Å². The average molecular weight is 736 g/mol. The van der Waals surface area contributed by atoms with Crippen molar-refractivity contribution in [3.8, 4) is 22.6 Å². The summed E-state index contributed by atoms with van der Waals surface area (Å²) in [5, 5.41) is 7.93. The van der Waals surface area contributed by atoms with Gasteiger partial charge in [-0.2, -0.15) is 0 Å². The average Bonchev–Trinajstić information content (AvgIpc) is 3.15. The Morgan fingerprint density at radius 1 is 0.442 bits per heavy atom. The minimum atomic E-state index is -0.237. The first-order valence-corrected chi connectivity index (χ1v) is 19.9. The van der Waals surface area contributed by atoms with Gasteiger partial charge >= 0.3 is 11.9 Å². The molecule has 0 spiro atoms. The second-order valence-electron chi connectivity index (χ2n) is 13.9. The van der Waals surface area contributed by atoms with Crippen molar-refractivity contribution in [1.82, 2.24) is 0 Å². The second-order valence-corrected chi connectivity index (χ2v) is 14.7. The van der Waals surface area contributed by atoms with E-state index in [0.717, 1.165) is 92.7 Å². The predicted octanol–water partition coefficient (Wildman–Crippen LogP) is 14.6. The van der Waals surface area contributed by atoms with Crippen LogP contribution in [0.15, 0.2) is 84.9 Å². The summed E-state index contributed by atoms with van der Waals surface area (Å²) in [7, 11) is 0. The number of fused-ring (bicyclic) bond motifs is 4. The van der Waals surface area contributed by atoms with Gasteiger partial charge in [0.15, 0.2) is 0 Å². The van der Waals surface area contributed by atoms with Gasteiger partial charge in [-0.3, -0.25) is 9.59 Å². The Morgan fingerprint density at radius 2 is 0.788 bits per heavy atom. The van der Waals surface area contributed by atoms with Crippen LogP contribution in [-0.2, 0) is 9.59 Å². The summed E-state index contributed by atoms with van der Waals surface area (Å²) in [6, 6.07) is 27.5. The predicted molar refractivity (Wildman–Crippen MR) is 219 cm³/mol. The fourth-order valence-corrected chi connectivity index (χ4v) is 7.75. The topological polar surface area (TPSA) is 52.6 Å². The SMILES string of the molecule is CCCCCCCCC(=O)Oc1c2ccccc2c(-c2c3ccccc3c(OC(=O)CCCCCCCC)c3ccc(Cl)cc23)c2cc(Cl)ccc12. The highest BCUT2D eigenvalue weighted by atomic mass is 35.5. The Balaban J connectivity index is 1.48. The molecular weight excluding hydrogens is 687 g/mol. The van der Waals surface area contributed by atoms with Gasteiger partial charge in [-0.15, -0.1) is 0 Å². The zero-order valence-corrected chi connectivity index (χ0v) is 31.9. The molecule has 0 aromatic heterocycles. The Labute approximate surface area is 317 Å². The zero-order valence-electron chi connectivity index (χ0n) is 30.4. The first-order chi connectivity index (χ1) is 25.4. The van der Waals surface area contributed by atoms with Crippen LogP contribution in [-0.4, -0.2) is 11.9 Å². The van der Waals surface area contributed by atoms with Gasteiger partial charge in [0.1, 0.15) is 11.5 Å². The molecule has 0 fully saturated rings. The molecule has 0 saturated heterocycles. The lowest BCUT2D eigenvalue weighted by molar-refractivity contribution is -0.135. The summed E-state index contributed by atoms with van der Waals surface area (Å²) in [6.07, 6.45) is 13.8. The van der Waals surface area contributed by atoms with Crippen LogP contribution in [0.1, 0.15) is 104 Å². The number of benzene rings is 6. The summed E-state index contributed by atoms with van der Waals surface area (Å²) in [4.78, 5) is 26.7. The van der Waals surface area contributed by atoms with Gasteiger partial charge < -0.3 is 9.47 Å². The highest BCUT2D eigenvalue weighted by Crippen LogP contribution is 2.50. The van der Waals surface area contributed by atoms with Gasteiger partial charge in [-0.1, -0.05) is 150 Å². The molecule has 6 rings (SSSR count). The van der Waals surface area contributed by atoms with Gasteiger partial charge in [-0.25, -0.2) is 0 Å². The molecule has 0 aliphatic heterocycles. The Hall–Kier alpha value is -4.12. The molecule has 0 amide bonds. The van der Waals surface area contributed by atoms with Crippen molar-refractivity contribution < 1.29 is 19.1 Å². The van der Waals surface area contributed by atoms with Crippen molar-refractivity contribution in [3.63, 3.8) is 0 Å². The number of carbonyl (C=O) groups is 2. The van der Waals surface area contributed by atoms with Crippen molar-refractivity contribution in [1.29, 1.82) is 0 Å². The van der Waals surface area contributed by atoms with Gasteiger partial charge in [-0.05, 0) is 81.9 Å². The van der Waals surface area contributed by atoms with E-state index in [4.69, 9.17) is 32.7 Å². The van der Waals surface area contributed by atoms with E-state index in [0.29, 0.717) is 34.4 Å². The maximum atomic E-state index is 13.3. The zero-order chi connectivity index (χ0) is 36.5. The molecule has 4 nitrogen and oxygen atoms in total. The monoisotopic (exact) mass is 734 g/mol. The number of ether oxygens (including phenoxy) is 2. The van der Waals surface area contributed by atoms with Crippen molar-refractivity contribution in [2.75, 3.05) is 0 Å². The van der Waals surface area contributed by atoms with Crippen LogP contribution in [0, 0.1) is 0 Å². The van der Waals surface area contributed by atoms with Crippen molar-refractivity contribution in [2.24, 2.45) is 0 Å². The maximum Gasteiger partial charge on any atom is 0.311 e. The van der Waals surface area contributed by atoms with E-state index in [-0.39, 0.29) is 11.9 Å². The maximum absolute atomic E-state index is 13.3. The molecule has 0 radical (unpaired) electrons. The molecule has 0 bridgehead atoms. The first kappa shape index (κ1) is 37.6. The first-order valence-electron chi connectivity index (χ1n) is 19.1. The van der Waals surface area contributed by atoms with E-state index in [1.807, 2.05) is 72.8 Å². The fourth-order valence-electron chi connectivity index (χ4n) is 7.41. The molecule has 6 aromatic rings. The molecule has 0 aliphatic carbocycles. The summed E-state index contributed by atoms with van der Waals surface area (Å²) >= 11 is 13.5. The Bertz CT molecular complexity index is 2050. The molecule has 0 saturated carbocycles. The number of hydrogen-bond acceptors (Lipinski definition) is 4. The van der Waals surface area contributed by atoms with Crippen LogP contribution in [0.5, 0.6) is 11.5 Å². The van der Waals surface area contributed by atoms with Crippen LogP contribution >= 0.6 is 23.2 Å². The highest BCUT2D eigenvalue weighted by Gasteiger charge is 2.24. The lowest BCUT2D eigenvalue weighted by Gasteiger charge is -2.21. The van der Waals surface area contributed by atoms with Gasteiger partial charge in [0.2, 0.25) is 0 Å². The third-order valence-electron chi connectivity index (χ3n) is 10.0. The number of hydrogen-bond donors (Lipinski definition) is 0. The highest BCUT2D eigenvalue weighted by molar-refractivity contribution is 6.34. The molecule has 0 atom stereocenters. The summed E-state index contributed by atoms with van der Waals surface area (Å²) in [5.41, 5.74) is 1.88. The van der Waals surface area contributed by atoms with Crippen LogP contribution in [0.25, 0.3) is 54.2 Å². The van der Waals surface area contributed by atoms with E-state index in [9.17, 15) is 9.59 Å². The molecule has 6 heteroatoms. The largest absolute Gasteiger partial charge is 0.425 e. The second kappa shape index (κ2) is 18.1. The van der Waals surface area contributed by atoms with E-state index in [2.05, 4.69) is 26.0 Å². The minimum Gasteiger partial charge on any atom is -0.425 e. The third kappa shape index (κ3) is 8.56. The van der Waals surface area contributed by atoms with Crippen molar-refractivity contribution >= 4 is 78.2 Å². The lowest BCUT2D eigenvalue weighted by atomic mass is 9.85. The van der Waals surface area contributed by atoms with Gasteiger partial charge in [0, 0.05) is 44.4 Å². The lowest BCUT2D eigenvalue weighted by Crippen LogP contribution is -2.09. The molecule has 6 aromatic carbocycles. The molecule has 0 N–H and O–H groups in total. The van der Waals surface area contributed by atoms with Gasteiger partial charge in [0.25, 0.3) is 0 Å². The third-order valence-corrected chi connectivity index (χ3v) is 10.5. The Morgan fingerprint density at radius 3 is 1.19 bits per heavy atom. The molecule has 52 heavy (non-hydrogen) atoms. The number of halogens is 2. The molecule has 0 aliphatic rings. The van der Waals surface area contributed by atoms with E-state index in [1.54, 1.807) is 0 Å². The van der Waals surface area contributed by atoms with Crippen molar-refractivity contribution in [2.45, 2.75) is 104 Å². The van der Waals surface area contributed by atoms with Crippen molar-refractivity contribution in [3.05, 3.63) is 95.0 Å². The smallest absolute Gasteiger partial charge is 0.311 e. The number of esters is 2. The van der Waals surface area contributed by atoms with Crippen LogP contribution in [0.4, 0.5) is 0 Å². The van der Waals surface area contributed by atoms with E-state index < -0.39 is 0 Å². The Kier molecular flexibility index (Phi) is 13.1. The summed E-state index contributed by atoms with van der Waals surface area (Å²) in [6.45, 7) is 4.41. The summed E-state index contributed by atoms with van der Waals surface area (Å²) in [5.74, 6) is 0.599.